The molecule has 98 valence electrons. The van der Waals surface area contributed by atoms with Crippen LogP contribution in [0.25, 0.3) is 6.08 Å². The molecule has 2 aromatic rings. The number of benzene rings is 1. The van der Waals surface area contributed by atoms with Gasteiger partial charge in [0.2, 0.25) is 0 Å². The first kappa shape index (κ1) is 13.5. The molecule has 1 aromatic heterocycles. The summed E-state index contributed by atoms with van der Waals surface area (Å²) in [5.74, 6) is -0.445. The van der Waals surface area contributed by atoms with Crippen LogP contribution in [0.15, 0.2) is 47.9 Å². The predicted molar refractivity (Wildman–Crippen MR) is 69.1 cm³/mol. The maximum Gasteiger partial charge on any atom is 0.416 e. The fraction of sp³-hybridized carbons (Fsp3) is 0.0714. The lowest BCUT2D eigenvalue weighted by Gasteiger charge is -2.06. The van der Waals surface area contributed by atoms with Crippen molar-refractivity contribution in [2.45, 2.75) is 6.18 Å². The highest BCUT2D eigenvalue weighted by atomic mass is 32.1. The molecule has 0 aliphatic rings. The number of hydrogen-bond donors (Lipinski definition) is 0. The highest BCUT2D eigenvalue weighted by molar-refractivity contribution is 7.10. The number of ketones is 1. The van der Waals surface area contributed by atoms with Gasteiger partial charge < -0.3 is 0 Å². The van der Waals surface area contributed by atoms with Gasteiger partial charge in [0.1, 0.15) is 0 Å². The van der Waals surface area contributed by atoms with Crippen molar-refractivity contribution >= 4 is 23.2 Å². The molecule has 0 atom stereocenters. The second-order valence-electron chi connectivity index (χ2n) is 3.79. The molecular weight excluding hydrogens is 273 g/mol. The summed E-state index contributed by atoms with van der Waals surface area (Å²) in [5.41, 5.74) is -0.787. The highest BCUT2D eigenvalue weighted by Gasteiger charge is 2.30. The summed E-state index contributed by atoms with van der Waals surface area (Å²) >= 11 is 1.45. The molecule has 1 aromatic carbocycles. The van der Waals surface area contributed by atoms with Crippen molar-refractivity contribution in [1.29, 1.82) is 0 Å². The SMILES string of the molecule is O=C(/C=C/c1cccs1)c1cccc(C(F)(F)F)c1. The number of allylic oxidation sites excluding steroid dienone is 1. The van der Waals surface area contributed by atoms with Crippen molar-refractivity contribution in [1.82, 2.24) is 0 Å². The first-order chi connectivity index (χ1) is 8.97. The van der Waals surface area contributed by atoms with Gasteiger partial charge in [0.15, 0.2) is 5.78 Å². The summed E-state index contributed by atoms with van der Waals surface area (Å²) < 4.78 is 37.5. The lowest BCUT2D eigenvalue weighted by Crippen LogP contribution is -2.06. The van der Waals surface area contributed by atoms with Crippen LogP contribution < -0.4 is 0 Å². The van der Waals surface area contributed by atoms with Crippen LogP contribution in [-0.4, -0.2) is 5.78 Å². The van der Waals surface area contributed by atoms with Gasteiger partial charge in [-0.3, -0.25) is 4.79 Å². The molecule has 0 amide bonds. The third-order valence-electron chi connectivity index (χ3n) is 2.42. The monoisotopic (exact) mass is 282 g/mol. The lowest BCUT2D eigenvalue weighted by molar-refractivity contribution is -0.137. The number of alkyl halides is 3. The van der Waals surface area contributed by atoms with Gasteiger partial charge in [-0.25, -0.2) is 0 Å². The van der Waals surface area contributed by atoms with E-state index in [1.165, 1.54) is 29.5 Å². The molecule has 0 saturated carbocycles. The molecule has 1 heterocycles. The Balaban J connectivity index is 2.20. The minimum absolute atomic E-state index is 0.0302. The average Bonchev–Trinajstić information content (AvgIpc) is 2.88. The Hall–Kier alpha value is -1.88. The lowest BCUT2D eigenvalue weighted by atomic mass is 10.1. The van der Waals surface area contributed by atoms with Crippen LogP contribution in [0.2, 0.25) is 0 Å². The number of hydrogen-bond acceptors (Lipinski definition) is 2. The molecule has 0 aliphatic heterocycles. The molecule has 1 nitrogen and oxygen atoms in total. The molecule has 0 saturated heterocycles. The molecule has 0 spiro atoms. The number of halogens is 3. The van der Waals surface area contributed by atoms with Crippen molar-refractivity contribution in [3.05, 3.63) is 63.9 Å². The van der Waals surface area contributed by atoms with E-state index in [4.69, 9.17) is 0 Å². The second kappa shape index (κ2) is 5.40. The van der Waals surface area contributed by atoms with Crippen LogP contribution in [0.1, 0.15) is 20.8 Å². The molecule has 0 bridgehead atoms. The zero-order chi connectivity index (χ0) is 13.9. The first-order valence-electron chi connectivity index (χ1n) is 5.40. The average molecular weight is 282 g/mol. The van der Waals surface area contributed by atoms with E-state index in [0.717, 1.165) is 17.0 Å². The summed E-state index contributed by atoms with van der Waals surface area (Å²) in [7, 11) is 0. The van der Waals surface area contributed by atoms with E-state index in [2.05, 4.69) is 0 Å². The van der Waals surface area contributed by atoms with Crippen LogP contribution in [0, 0.1) is 0 Å². The summed E-state index contributed by atoms with van der Waals surface area (Å²) in [6.45, 7) is 0. The number of carbonyl (C=O) groups excluding carboxylic acids is 1. The molecular formula is C14H9F3OS. The van der Waals surface area contributed by atoms with Gasteiger partial charge in [-0.2, -0.15) is 13.2 Å². The fourth-order valence-corrected chi connectivity index (χ4v) is 2.11. The maximum absolute atomic E-state index is 12.5. The minimum Gasteiger partial charge on any atom is -0.289 e. The minimum atomic E-state index is -4.44. The third-order valence-corrected chi connectivity index (χ3v) is 3.25. The topological polar surface area (TPSA) is 17.1 Å². The fourth-order valence-electron chi connectivity index (χ4n) is 1.49. The van der Waals surface area contributed by atoms with Crippen molar-refractivity contribution in [3.63, 3.8) is 0 Å². The van der Waals surface area contributed by atoms with E-state index in [9.17, 15) is 18.0 Å². The van der Waals surface area contributed by atoms with Gasteiger partial charge >= 0.3 is 6.18 Å². The predicted octanol–water partition coefficient (Wildman–Crippen LogP) is 4.66. The van der Waals surface area contributed by atoms with Crippen LogP contribution in [0.3, 0.4) is 0 Å². The normalized spacial score (nSPS) is 11.9. The molecule has 0 aliphatic carbocycles. The molecule has 0 radical (unpaired) electrons. The van der Waals surface area contributed by atoms with Gasteiger partial charge in [0.05, 0.1) is 5.56 Å². The van der Waals surface area contributed by atoms with E-state index in [1.54, 1.807) is 6.08 Å². The summed E-state index contributed by atoms with van der Waals surface area (Å²) in [4.78, 5) is 12.6. The van der Waals surface area contributed by atoms with Crippen molar-refractivity contribution in [2.24, 2.45) is 0 Å². The highest BCUT2D eigenvalue weighted by Crippen LogP contribution is 2.29. The Kier molecular flexibility index (Phi) is 3.85. The molecule has 5 heteroatoms. The zero-order valence-corrected chi connectivity index (χ0v) is 10.5. The Morgan fingerprint density at radius 3 is 2.58 bits per heavy atom. The Labute approximate surface area is 112 Å². The largest absolute Gasteiger partial charge is 0.416 e. The van der Waals surface area contributed by atoms with E-state index in [0.29, 0.717) is 0 Å². The molecule has 19 heavy (non-hydrogen) atoms. The molecule has 0 N–H and O–H groups in total. The number of rotatable bonds is 3. The van der Waals surface area contributed by atoms with Crippen molar-refractivity contribution in [3.8, 4) is 0 Å². The van der Waals surface area contributed by atoms with Gasteiger partial charge in [0, 0.05) is 10.4 Å². The van der Waals surface area contributed by atoms with Crippen LogP contribution in [-0.2, 0) is 6.18 Å². The van der Waals surface area contributed by atoms with Gasteiger partial charge in [-0.1, -0.05) is 18.2 Å². The molecule has 0 unspecified atom stereocenters. The second-order valence-corrected chi connectivity index (χ2v) is 4.77. The summed E-state index contributed by atoms with van der Waals surface area (Å²) in [5, 5.41) is 1.86. The molecule has 0 fully saturated rings. The first-order valence-corrected chi connectivity index (χ1v) is 6.28. The van der Waals surface area contributed by atoms with Crippen molar-refractivity contribution < 1.29 is 18.0 Å². The van der Waals surface area contributed by atoms with Gasteiger partial charge in [-0.15, -0.1) is 11.3 Å². The Morgan fingerprint density at radius 1 is 1.16 bits per heavy atom. The van der Waals surface area contributed by atoms with E-state index in [1.807, 2.05) is 17.5 Å². The van der Waals surface area contributed by atoms with E-state index < -0.39 is 17.5 Å². The van der Waals surface area contributed by atoms with E-state index in [-0.39, 0.29) is 5.56 Å². The van der Waals surface area contributed by atoms with E-state index >= 15 is 0 Å². The summed E-state index contributed by atoms with van der Waals surface area (Å²) in [6.07, 6.45) is -1.57. The summed E-state index contributed by atoms with van der Waals surface area (Å²) in [6, 6.07) is 8.06. The van der Waals surface area contributed by atoms with Crippen molar-refractivity contribution in [2.75, 3.05) is 0 Å². The van der Waals surface area contributed by atoms with Crippen LogP contribution in [0.4, 0.5) is 13.2 Å². The molecule has 2 rings (SSSR count). The number of carbonyl (C=O) groups is 1. The zero-order valence-electron chi connectivity index (χ0n) is 9.65. The van der Waals surface area contributed by atoms with Crippen LogP contribution >= 0.6 is 11.3 Å². The smallest absolute Gasteiger partial charge is 0.289 e. The van der Waals surface area contributed by atoms with Gasteiger partial charge in [0.25, 0.3) is 0 Å². The standard InChI is InChI=1S/C14H9F3OS/c15-14(16,17)11-4-1-3-10(9-11)13(18)7-6-12-5-2-8-19-12/h1-9H/b7-6+. The van der Waals surface area contributed by atoms with Crippen LogP contribution in [0.5, 0.6) is 0 Å². The quantitative estimate of drug-likeness (QED) is 0.591. The number of thiophene rings is 1. The Bertz CT molecular complexity index is 597. The maximum atomic E-state index is 12.5. The third kappa shape index (κ3) is 3.54. The Morgan fingerprint density at radius 2 is 1.95 bits per heavy atom. The van der Waals surface area contributed by atoms with Gasteiger partial charge in [-0.05, 0) is 35.7 Å².